The lowest BCUT2D eigenvalue weighted by atomic mass is 9.84. The highest BCUT2D eigenvalue weighted by atomic mass is 79.9. The van der Waals surface area contributed by atoms with Crippen molar-refractivity contribution < 1.29 is 9.31 Å². The molecular formula is C14H17BBrN3O2. The average molecular weight is 350 g/mol. The summed E-state index contributed by atoms with van der Waals surface area (Å²) in [5.74, 6) is 0. The van der Waals surface area contributed by atoms with Gasteiger partial charge in [0.05, 0.1) is 39.3 Å². The molecule has 0 bridgehead atoms. The van der Waals surface area contributed by atoms with Crippen LogP contribution in [0.3, 0.4) is 0 Å². The van der Waals surface area contributed by atoms with Crippen LogP contribution in [0.5, 0.6) is 0 Å². The van der Waals surface area contributed by atoms with E-state index >= 15 is 0 Å². The van der Waals surface area contributed by atoms with Crippen LogP contribution in [-0.4, -0.2) is 33.1 Å². The van der Waals surface area contributed by atoms with E-state index in [-0.39, 0.29) is 11.2 Å². The standard InChI is InChI=1S/C14H17BBrN3O2/c1-13(2)14(3,4)21-15(20-13)12-6-5-11(8-17-12)19-9-10(16)7-18-19/h5-9H,1-4H3. The van der Waals surface area contributed by atoms with Crippen molar-refractivity contribution in [1.82, 2.24) is 14.8 Å². The van der Waals surface area contributed by atoms with Gasteiger partial charge in [-0.2, -0.15) is 5.10 Å². The van der Waals surface area contributed by atoms with Gasteiger partial charge in [0.1, 0.15) is 0 Å². The van der Waals surface area contributed by atoms with Gasteiger partial charge in [-0.15, -0.1) is 0 Å². The van der Waals surface area contributed by atoms with E-state index in [2.05, 4.69) is 26.0 Å². The minimum atomic E-state index is -0.437. The first kappa shape index (κ1) is 14.7. The van der Waals surface area contributed by atoms with E-state index in [1.807, 2.05) is 46.0 Å². The van der Waals surface area contributed by atoms with Gasteiger partial charge in [0.15, 0.2) is 0 Å². The Kier molecular flexibility index (Phi) is 3.46. The van der Waals surface area contributed by atoms with Gasteiger partial charge in [-0.25, -0.2) is 4.68 Å². The van der Waals surface area contributed by atoms with E-state index < -0.39 is 7.12 Å². The summed E-state index contributed by atoms with van der Waals surface area (Å²) in [6, 6.07) is 3.86. The molecule has 0 N–H and O–H groups in total. The van der Waals surface area contributed by atoms with Crippen molar-refractivity contribution >= 4 is 28.6 Å². The minimum absolute atomic E-state index is 0.356. The summed E-state index contributed by atoms with van der Waals surface area (Å²) in [5.41, 5.74) is 0.944. The maximum Gasteiger partial charge on any atom is 0.514 e. The fourth-order valence-corrected chi connectivity index (χ4v) is 2.36. The van der Waals surface area contributed by atoms with Crippen LogP contribution in [0, 0.1) is 0 Å². The van der Waals surface area contributed by atoms with Crippen molar-refractivity contribution in [3.8, 4) is 5.69 Å². The van der Waals surface area contributed by atoms with Crippen LogP contribution >= 0.6 is 15.9 Å². The van der Waals surface area contributed by atoms with E-state index in [0.29, 0.717) is 0 Å². The van der Waals surface area contributed by atoms with Gasteiger partial charge < -0.3 is 9.31 Å². The maximum atomic E-state index is 5.99. The fraction of sp³-hybridized carbons (Fsp3) is 0.429. The summed E-state index contributed by atoms with van der Waals surface area (Å²) in [6.07, 6.45) is 5.38. The van der Waals surface area contributed by atoms with Gasteiger partial charge in [-0.05, 0) is 55.8 Å². The quantitative estimate of drug-likeness (QED) is 0.781. The Bertz CT molecular complexity index is 638. The van der Waals surface area contributed by atoms with E-state index in [9.17, 15) is 0 Å². The molecule has 7 heteroatoms. The first-order chi connectivity index (χ1) is 9.78. The molecule has 0 spiro atoms. The van der Waals surface area contributed by atoms with Crippen LogP contribution < -0.4 is 5.59 Å². The summed E-state index contributed by atoms with van der Waals surface area (Å²) < 4.78 is 14.7. The van der Waals surface area contributed by atoms with Crippen molar-refractivity contribution in [2.24, 2.45) is 0 Å². The Morgan fingerprint density at radius 3 is 2.24 bits per heavy atom. The molecule has 5 nitrogen and oxygen atoms in total. The molecule has 110 valence electrons. The van der Waals surface area contributed by atoms with Crippen molar-refractivity contribution in [1.29, 1.82) is 0 Å². The monoisotopic (exact) mass is 349 g/mol. The molecule has 2 aromatic rings. The SMILES string of the molecule is CC1(C)OB(c2ccc(-n3cc(Br)cn3)cn2)OC1(C)C. The predicted octanol–water partition coefficient (Wildman–Crippen LogP) is 2.33. The van der Waals surface area contributed by atoms with E-state index in [1.165, 1.54) is 0 Å². The van der Waals surface area contributed by atoms with Gasteiger partial charge in [0, 0.05) is 6.20 Å². The molecule has 0 aliphatic carbocycles. The Hall–Kier alpha value is -1.18. The first-order valence-corrected chi connectivity index (χ1v) is 7.60. The Balaban J connectivity index is 1.83. The van der Waals surface area contributed by atoms with Crippen LogP contribution in [0.2, 0.25) is 0 Å². The second kappa shape index (κ2) is 4.93. The number of halogens is 1. The largest absolute Gasteiger partial charge is 0.514 e. The van der Waals surface area contributed by atoms with Crippen LogP contribution in [-0.2, 0) is 9.31 Å². The Morgan fingerprint density at radius 1 is 1.10 bits per heavy atom. The maximum absolute atomic E-state index is 5.99. The number of pyridine rings is 1. The van der Waals surface area contributed by atoms with Gasteiger partial charge in [0.2, 0.25) is 0 Å². The van der Waals surface area contributed by atoms with E-state index in [1.54, 1.807) is 17.1 Å². The molecule has 2 aromatic heterocycles. The fourth-order valence-electron chi connectivity index (χ4n) is 2.08. The highest BCUT2D eigenvalue weighted by molar-refractivity contribution is 9.10. The van der Waals surface area contributed by atoms with E-state index in [0.717, 1.165) is 15.8 Å². The lowest BCUT2D eigenvalue weighted by molar-refractivity contribution is 0.00578. The molecular weight excluding hydrogens is 333 g/mol. The zero-order chi connectivity index (χ0) is 15.3. The molecule has 0 amide bonds. The molecule has 1 fully saturated rings. The van der Waals surface area contributed by atoms with Gasteiger partial charge in [0.25, 0.3) is 0 Å². The second-order valence-corrected chi connectivity index (χ2v) is 7.05. The van der Waals surface area contributed by atoms with Crippen LogP contribution in [0.25, 0.3) is 5.69 Å². The molecule has 1 saturated heterocycles. The zero-order valence-electron chi connectivity index (χ0n) is 12.5. The first-order valence-electron chi connectivity index (χ1n) is 6.81. The zero-order valence-corrected chi connectivity index (χ0v) is 14.1. The third kappa shape index (κ3) is 2.65. The van der Waals surface area contributed by atoms with Gasteiger partial charge in [-0.3, -0.25) is 4.98 Å². The smallest absolute Gasteiger partial charge is 0.398 e. The van der Waals surface area contributed by atoms with Gasteiger partial charge >= 0.3 is 7.12 Å². The van der Waals surface area contributed by atoms with E-state index in [4.69, 9.17) is 9.31 Å². The average Bonchev–Trinajstić information content (AvgIpc) is 2.92. The highest BCUT2D eigenvalue weighted by Crippen LogP contribution is 2.36. The summed E-state index contributed by atoms with van der Waals surface area (Å²) in [5, 5.41) is 4.23. The second-order valence-electron chi connectivity index (χ2n) is 6.13. The van der Waals surface area contributed by atoms with Crippen molar-refractivity contribution in [3.05, 3.63) is 35.2 Å². The van der Waals surface area contributed by atoms with Crippen LogP contribution in [0.4, 0.5) is 0 Å². The molecule has 0 unspecified atom stereocenters. The van der Waals surface area contributed by atoms with Crippen molar-refractivity contribution in [2.45, 2.75) is 38.9 Å². The third-order valence-corrected chi connectivity index (χ3v) is 4.49. The third-order valence-electron chi connectivity index (χ3n) is 4.08. The number of nitrogens with zero attached hydrogens (tertiary/aromatic N) is 3. The summed E-state index contributed by atoms with van der Waals surface area (Å²) in [6.45, 7) is 8.12. The lowest BCUT2D eigenvalue weighted by Gasteiger charge is -2.32. The Morgan fingerprint density at radius 2 is 1.76 bits per heavy atom. The lowest BCUT2D eigenvalue weighted by Crippen LogP contribution is -2.41. The summed E-state index contributed by atoms with van der Waals surface area (Å²) in [7, 11) is -0.437. The molecule has 3 rings (SSSR count). The molecule has 0 radical (unpaired) electrons. The summed E-state index contributed by atoms with van der Waals surface area (Å²) >= 11 is 3.38. The highest BCUT2D eigenvalue weighted by Gasteiger charge is 2.52. The predicted molar refractivity (Wildman–Crippen MR) is 84.8 cm³/mol. The Labute approximate surface area is 132 Å². The number of rotatable bonds is 2. The number of hydrogen-bond donors (Lipinski definition) is 0. The molecule has 3 heterocycles. The number of aromatic nitrogens is 3. The molecule has 0 aromatic carbocycles. The van der Waals surface area contributed by atoms with Crippen molar-refractivity contribution in [3.63, 3.8) is 0 Å². The summed E-state index contributed by atoms with van der Waals surface area (Å²) in [4.78, 5) is 4.45. The minimum Gasteiger partial charge on any atom is -0.398 e. The number of hydrogen-bond acceptors (Lipinski definition) is 4. The molecule has 0 atom stereocenters. The normalized spacial score (nSPS) is 20.0. The van der Waals surface area contributed by atoms with Crippen LogP contribution in [0.1, 0.15) is 27.7 Å². The van der Waals surface area contributed by atoms with Crippen LogP contribution in [0.15, 0.2) is 35.2 Å². The molecule has 1 aliphatic rings. The molecule has 21 heavy (non-hydrogen) atoms. The topological polar surface area (TPSA) is 49.2 Å². The van der Waals surface area contributed by atoms with Gasteiger partial charge in [-0.1, -0.05) is 0 Å². The van der Waals surface area contributed by atoms with Crippen molar-refractivity contribution in [2.75, 3.05) is 0 Å². The molecule has 0 saturated carbocycles. The molecule has 1 aliphatic heterocycles.